The van der Waals surface area contributed by atoms with Crippen LogP contribution in [0.4, 0.5) is 17.3 Å². The second-order valence-corrected chi connectivity index (χ2v) is 7.40. The maximum Gasteiger partial charge on any atom is 0.274 e. The number of para-hydroxylation sites is 1. The zero-order valence-electron chi connectivity index (χ0n) is 17.1. The van der Waals surface area contributed by atoms with Crippen LogP contribution in [-0.4, -0.2) is 29.0 Å². The van der Waals surface area contributed by atoms with Crippen molar-refractivity contribution in [1.82, 2.24) is 9.97 Å². The van der Waals surface area contributed by atoms with Gasteiger partial charge in [-0.25, -0.2) is 9.97 Å². The molecule has 0 spiro atoms. The number of aromatic nitrogens is 2. The molecule has 4 rings (SSSR count). The van der Waals surface area contributed by atoms with Gasteiger partial charge in [0.25, 0.3) is 5.91 Å². The van der Waals surface area contributed by atoms with E-state index in [1.54, 1.807) is 13.2 Å². The molecule has 6 nitrogen and oxygen atoms in total. The minimum atomic E-state index is -0.291. The molecule has 1 amide bonds. The van der Waals surface area contributed by atoms with Crippen molar-refractivity contribution in [3.05, 3.63) is 71.0 Å². The predicted molar refractivity (Wildman–Crippen MR) is 114 cm³/mol. The van der Waals surface area contributed by atoms with Crippen LogP contribution in [0.3, 0.4) is 0 Å². The smallest absolute Gasteiger partial charge is 0.274 e. The van der Waals surface area contributed by atoms with Crippen molar-refractivity contribution >= 4 is 23.2 Å². The van der Waals surface area contributed by atoms with Crippen molar-refractivity contribution in [2.45, 2.75) is 33.2 Å². The third kappa shape index (κ3) is 3.66. The molecule has 1 aromatic heterocycles. The molecule has 3 aromatic rings. The van der Waals surface area contributed by atoms with Crippen LogP contribution >= 0.6 is 0 Å². The zero-order chi connectivity index (χ0) is 20.5. The number of carbonyl (C=O) groups excluding carboxylic acids is 1. The van der Waals surface area contributed by atoms with Gasteiger partial charge in [0, 0.05) is 17.4 Å². The molecule has 1 unspecified atom stereocenters. The number of anilines is 3. The van der Waals surface area contributed by atoms with Crippen molar-refractivity contribution in [2.75, 3.05) is 17.3 Å². The molecule has 2 heterocycles. The van der Waals surface area contributed by atoms with Gasteiger partial charge in [-0.2, -0.15) is 0 Å². The summed E-state index contributed by atoms with van der Waals surface area (Å²) in [6, 6.07) is 15.8. The average Bonchev–Trinajstić information content (AvgIpc) is 3.03. The van der Waals surface area contributed by atoms with Crippen molar-refractivity contribution in [3.8, 4) is 5.75 Å². The van der Waals surface area contributed by atoms with Gasteiger partial charge in [-0.3, -0.25) is 4.79 Å². The lowest BCUT2D eigenvalue weighted by atomic mass is 10.1. The van der Waals surface area contributed by atoms with Gasteiger partial charge in [-0.1, -0.05) is 24.3 Å². The van der Waals surface area contributed by atoms with Gasteiger partial charge in [0.2, 0.25) is 5.95 Å². The van der Waals surface area contributed by atoms with E-state index in [-0.39, 0.29) is 11.9 Å². The van der Waals surface area contributed by atoms with Crippen LogP contribution in [0.2, 0.25) is 0 Å². The summed E-state index contributed by atoms with van der Waals surface area (Å²) in [5.41, 5.74) is 5.08. The number of hydrogen-bond acceptors (Lipinski definition) is 5. The number of methoxy groups -OCH3 is 1. The quantitative estimate of drug-likeness (QED) is 0.716. The number of carbonyl (C=O) groups is 1. The topological polar surface area (TPSA) is 67.3 Å². The van der Waals surface area contributed by atoms with E-state index in [1.807, 2.05) is 44.2 Å². The molecule has 0 fully saturated rings. The van der Waals surface area contributed by atoms with E-state index in [4.69, 9.17) is 4.74 Å². The van der Waals surface area contributed by atoms with Gasteiger partial charge in [0.15, 0.2) is 0 Å². The fraction of sp³-hybridized carbons (Fsp3) is 0.261. The second kappa shape index (κ2) is 7.54. The van der Waals surface area contributed by atoms with Crippen molar-refractivity contribution in [2.24, 2.45) is 0 Å². The summed E-state index contributed by atoms with van der Waals surface area (Å²) in [5, 5.41) is 2.92. The first-order valence-electron chi connectivity index (χ1n) is 9.65. The van der Waals surface area contributed by atoms with Crippen LogP contribution in [0, 0.1) is 13.8 Å². The Morgan fingerprint density at radius 3 is 2.72 bits per heavy atom. The minimum absolute atomic E-state index is 0.224. The molecule has 0 radical (unpaired) electrons. The summed E-state index contributed by atoms with van der Waals surface area (Å²) >= 11 is 0. The minimum Gasteiger partial charge on any atom is -0.495 e. The lowest BCUT2D eigenvalue weighted by Gasteiger charge is -2.23. The first-order chi connectivity index (χ1) is 14.0. The SMILES string of the molecule is COc1ccc(C)cc1NC(=O)c1cc(C)nc(N2c3ccccc3CC2C)n1. The van der Waals surface area contributed by atoms with E-state index in [9.17, 15) is 4.79 Å². The molecule has 29 heavy (non-hydrogen) atoms. The Bertz CT molecular complexity index is 1080. The normalized spacial score (nSPS) is 15.2. The fourth-order valence-corrected chi connectivity index (χ4v) is 3.75. The Morgan fingerprint density at radius 2 is 1.93 bits per heavy atom. The zero-order valence-corrected chi connectivity index (χ0v) is 17.1. The summed E-state index contributed by atoms with van der Waals surface area (Å²) in [7, 11) is 1.58. The molecule has 1 aliphatic rings. The highest BCUT2D eigenvalue weighted by Crippen LogP contribution is 2.36. The monoisotopic (exact) mass is 388 g/mol. The molecule has 6 heteroatoms. The van der Waals surface area contributed by atoms with Crippen molar-refractivity contribution < 1.29 is 9.53 Å². The molecule has 1 aliphatic heterocycles. The molecular formula is C23H24N4O2. The molecule has 0 saturated carbocycles. The molecular weight excluding hydrogens is 364 g/mol. The van der Waals surface area contributed by atoms with Gasteiger partial charge in [0.1, 0.15) is 11.4 Å². The summed E-state index contributed by atoms with van der Waals surface area (Å²) in [4.78, 5) is 24.3. The molecule has 0 bridgehead atoms. The molecule has 148 valence electrons. The predicted octanol–water partition coefficient (Wildman–Crippen LogP) is 4.44. The van der Waals surface area contributed by atoms with E-state index >= 15 is 0 Å². The van der Waals surface area contributed by atoms with E-state index in [0.29, 0.717) is 23.1 Å². The Hall–Kier alpha value is -3.41. The van der Waals surface area contributed by atoms with E-state index in [2.05, 4.69) is 39.2 Å². The van der Waals surface area contributed by atoms with Crippen molar-refractivity contribution in [3.63, 3.8) is 0 Å². The average molecular weight is 388 g/mol. The fourth-order valence-electron chi connectivity index (χ4n) is 3.75. The van der Waals surface area contributed by atoms with Gasteiger partial charge >= 0.3 is 0 Å². The third-order valence-electron chi connectivity index (χ3n) is 5.10. The van der Waals surface area contributed by atoms with Crippen LogP contribution in [0.1, 0.15) is 34.2 Å². The Labute approximate surface area is 170 Å². The number of nitrogens with one attached hydrogen (secondary N) is 1. The highest BCUT2D eigenvalue weighted by atomic mass is 16.5. The Kier molecular flexibility index (Phi) is 4.92. The van der Waals surface area contributed by atoms with E-state index in [0.717, 1.165) is 23.4 Å². The number of nitrogens with zero attached hydrogens (tertiary/aromatic N) is 3. The summed E-state index contributed by atoms with van der Waals surface area (Å²) < 4.78 is 5.36. The number of fused-ring (bicyclic) bond motifs is 1. The Balaban J connectivity index is 1.68. The highest BCUT2D eigenvalue weighted by molar-refractivity contribution is 6.04. The first kappa shape index (κ1) is 18.9. The molecule has 1 atom stereocenters. The Morgan fingerprint density at radius 1 is 1.14 bits per heavy atom. The summed E-state index contributed by atoms with van der Waals surface area (Å²) in [6.07, 6.45) is 0.926. The number of hydrogen-bond donors (Lipinski definition) is 1. The van der Waals surface area contributed by atoms with Crippen molar-refractivity contribution in [1.29, 1.82) is 0 Å². The van der Waals surface area contributed by atoms with Gasteiger partial charge in [-0.15, -0.1) is 0 Å². The number of rotatable bonds is 4. The lowest BCUT2D eigenvalue weighted by Crippen LogP contribution is -2.27. The first-order valence-corrected chi connectivity index (χ1v) is 9.65. The number of ether oxygens (including phenoxy) is 1. The second-order valence-electron chi connectivity index (χ2n) is 7.40. The third-order valence-corrected chi connectivity index (χ3v) is 5.10. The van der Waals surface area contributed by atoms with Crippen LogP contribution in [0.15, 0.2) is 48.5 Å². The lowest BCUT2D eigenvalue weighted by molar-refractivity contribution is 0.102. The van der Waals surface area contributed by atoms with Gasteiger partial charge in [-0.05, 0) is 62.6 Å². The highest BCUT2D eigenvalue weighted by Gasteiger charge is 2.29. The van der Waals surface area contributed by atoms with Gasteiger partial charge in [0.05, 0.1) is 12.8 Å². The standard InChI is InChI=1S/C23H24N4O2/c1-14-9-10-21(29-4)18(11-14)25-22(28)19-12-15(2)24-23(26-19)27-16(3)13-17-7-5-6-8-20(17)27/h5-12,16H,13H2,1-4H3,(H,25,28). The summed E-state index contributed by atoms with van der Waals surface area (Å²) in [6.45, 7) is 5.99. The number of benzene rings is 2. The van der Waals surface area contributed by atoms with Gasteiger partial charge < -0.3 is 15.0 Å². The molecule has 2 aromatic carbocycles. The maximum atomic E-state index is 13.0. The van der Waals surface area contributed by atoms with Crippen LogP contribution in [-0.2, 0) is 6.42 Å². The largest absolute Gasteiger partial charge is 0.495 e. The number of aryl methyl sites for hydroxylation is 2. The molecule has 0 saturated heterocycles. The van der Waals surface area contributed by atoms with E-state index < -0.39 is 0 Å². The number of amides is 1. The maximum absolute atomic E-state index is 13.0. The molecule has 0 aliphatic carbocycles. The van der Waals surface area contributed by atoms with Crippen LogP contribution in [0.5, 0.6) is 5.75 Å². The summed E-state index contributed by atoms with van der Waals surface area (Å²) in [5.74, 6) is 0.863. The molecule has 1 N–H and O–H groups in total. The van der Waals surface area contributed by atoms with Crippen LogP contribution < -0.4 is 15.0 Å². The van der Waals surface area contributed by atoms with Crippen LogP contribution in [0.25, 0.3) is 0 Å². The van der Waals surface area contributed by atoms with E-state index in [1.165, 1.54) is 5.56 Å².